The number of nitrogens with zero attached hydrogens (tertiary/aromatic N) is 1. The highest BCUT2D eigenvalue weighted by Gasteiger charge is 2.22. The van der Waals surface area contributed by atoms with E-state index in [0.717, 1.165) is 17.5 Å². The highest BCUT2D eigenvalue weighted by Crippen LogP contribution is 2.15. The van der Waals surface area contributed by atoms with Crippen molar-refractivity contribution in [2.75, 3.05) is 7.05 Å². The molecule has 3 nitrogen and oxygen atoms in total. The van der Waals surface area contributed by atoms with Gasteiger partial charge < -0.3 is 0 Å². The summed E-state index contributed by atoms with van der Waals surface area (Å²) in [6.07, 6.45) is 0.806. The van der Waals surface area contributed by atoms with Gasteiger partial charge in [0.15, 0.2) is 0 Å². The smallest absolute Gasteiger partial charge is 0.212 e. The molecule has 0 saturated heterocycles. The maximum atomic E-state index is 12.2. The average Bonchev–Trinajstić information content (AvgIpc) is 2.37. The van der Waals surface area contributed by atoms with Gasteiger partial charge >= 0.3 is 0 Å². The van der Waals surface area contributed by atoms with Crippen LogP contribution in [-0.4, -0.2) is 25.8 Å². The molecule has 0 saturated carbocycles. The molecule has 1 rings (SSSR count). The summed E-state index contributed by atoms with van der Waals surface area (Å²) in [5, 5.41) is 0. The van der Waals surface area contributed by atoms with Gasteiger partial charge in [0, 0.05) is 19.0 Å². The van der Waals surface area contributed by atoms with Crippen LogP contribution in [0.25, 0.3) is 0 Å². The normalized spacial score (nSPS) is 13.8. The van der Waals surface area contributed by atoms with E-state index in [-0.39, 0.29) is 11.8 Å². The molecule has 0 N–H and O–H groups in total. The highest BCUT2D eigenvalue weighted by molar-refractivity contribution is 7.88. The molecule has 18 heavy (non-hydrogen) atoms. The van der Waals surface area contributed by atoms with Gasteiger partial charge in [-0.25, -0.2) is 12.7 Å². The molecule has 102 valence electrons. The van der Waals surface area contributed by atoms with E-state index in [0.29, 0.717) is 5.88 Å². The third-order valence-electron chi connectivity index (χ3n) is 3.18. The Labute approximate surface area is 115 Å². The molecular weight excluding hydrogens is 270 g/mol. The molecular formula is C13H20ClNO2S. The zero-order valence-electron chi connectivity index (χ0n) is 11.1. The van der Waals surface area contributed by atoms with Crippen molar-refractivity contribution < 1.29 is 8.42 Å². The minimum Gasteiger partial charge on any atom is -0.212 e. The van der Waals surface area contributed by atoms with Crippen molar-refractivity contribution >= 4 is 21.6 Å². The van der Waals surface area contributed by atoms with Gasteiger partial charge in [-0.2, -0.15) is 0 Å². The molecule has 0 aliphatic heterocycles. The minimum absolute atomic E-state index is 0.0251. The zero-order chi connectivity index (χ0) is 13.8. The van der Waals surface area contributed by atoms with Crippen molar-refractivity contribution in [2.24, 2.45) is 0 Å². The molecule has 0 radical (unpaired) electrons. The van der Waals surface area contributed by atoms with Crippen LogP contribution in [0.1, 0.15) is 31.4 Å². The number of alkyl halides is 1. The lowest BCUT2D eigenvalue weighted by Crippen LogP contribution is -2.35. The van der Waals surface area contributed by atoms with Crippen molar-refractivity contribution in [1.82, 2.24) is 4.31 Å². The molecule has 1 unspecified atom stereocenters. The summed E-state index contributed by atoms with van der Waals surface area (Å²) in [5.74, 6) is 0.482. The summed E-state index contributed by atoms with van der Waals surface area (Å²) in [7, 11) is -1.61. The van der Waals surface area contributed by atoms with Crippen LogP contribution in [0.4, 0.5) is 0 Å². The first kappa shape index (κ1) is 15.5. The third-order valence-corrected chi connectivity index (χ3v) is 5.42. The van der Waals surface area contributed by atoms with Gasteiger partial charge in [-0.15, -0.1) is 11.6 Å². The van der Waals surface area contributed by atoms with Crippen molar-refractivity contribution in [1.29, 1.82) is 0 Å². The Hall–Kier alpha value is -0.580. The van der Waals surface area contributed by atoms with Crippen LogP contribution in [-0.2, 0) is 21.7 Å². The molecule has 5 heteroatoms. The third kappa shape index (κ3) is 3.97. The summed E-state index contributed by atoms with van der Waals surface area (Å²) in [6.45, 7) is 3.89. The minimum atomic E-state index is -3.24. The first-order valence-corrected chi connectivity index (χ1v) is 8.14. The Morgan fingerprint density at radius 3 is 2.17 bits per heavy atom. The maximum Gasteiger partial charge on any atom is 0.218 e. The number of rotatable bonds is 6. The van der Waals surface area contributed by atoms with Gasteiger partial charge in [-0.1, -0.05) is 31.2 Å². The predicted octanol–water partition coefficient (Wildman–Crippen LogP) is 2.99. The fourth-order valence-corrected chi connectivity index (χ4v) is 3.26. The van der Waals surface area contributed by atoms with Crippen LogP contribution in [0.5, 0.6) is 0 Å². The maximum absolute atomic E-state index is 12.2. The molecule has 0 spiro atoms. The van der Waals surface area contributed by atoms with E-state index in [2.05, 4.69) is 0 Å². The second kappa shape index (κ2) is 6.55. The van der Waals surface area contributed by atoms with Crippen LogP contribution in [0, 0.1) is 0 Å². The molecule has 1 aromatic carbocycles. The Kier molecular flexibility index (Phi) is 5.63. The van der Waals surface area contributed by atoms with Gasteiger partial charge in [-0.05, 0) is 24.5 Å². The van der Waals surface area contributed by atoms with Gasteiger partial charge in [0.1, 0.15) is 0 Å². The first-order chi connectivity index (χ1) is 8.40. The van der Waals surface area contributed by atoms with Crippen LogP contribution < -0.4 is 0 Å². The van der Waals surface area contributed by atoms with E-state index in [1.807, 2.05) is 38.1 Å². The molecule has 0 fully saturated rings. The monoisotopic (exact) mass is 289 g/mol. The summed E-state index contributed by atoms with van der Waals surface area (Å²) >= 11 is 5.70. The Morgan fingerprint density at radius 2 is 1.72 bits per heavy atom. The van der Waals surface area contributed by atoms with Crippen LogP contribution in [0.2, 0.25) is 0 Å². The van der Waals surface area contributed by atoms with Gasteiger partial charge in [-0.3, -0.25) is 0 Å². The topological polar surface area (TPSA) is 37.4 Å². The molecule has 0 amide bonds. The standard InChI is InChI=1S/C13H20ClNO2S/c1-4-11(2)15(3)18(16,17)10-13-7-5-12(9-14)6-8-13/h5-8,11H,4,9-10H2,1-3H3. The molecule has 0 bridgehead atoms. The molecule has 0 heterocycles. The summed E-state index contributed by atoms with van der Waals surface area (Å²) < 4.78 is 25.8. The van der Waals surface area contributed by atoms with E-state index >= 15 is 0 Å². The van der Waals surface area contributed by atoms with Gasteiger partial charge in [0.2, 0.25) is 10.0 Å². The number of benzene rings is 1. The molecule has 0 aliphatic rings. The fraction of sp³-hybridized carbons (Fsp3) is 0.538. The van der Waals surface area contributed by atoms with Crippen LogP contribution in [0.15, 0.2) is 24.3 Å². The zero-order valence-corrected chi connectivity index (χ0v) is 12.6. The predicted molar refractivity (Wildman–Crippen MR) is 76.1 cm³/mol. The van der Waals surface area contributed by atoms with Crippen molar-refractivity contribution in [3.05, 3.63) is 35.4 Å². The Bertz CT molecular complexity index is 470. The van der Waals surface area contributed by atoms with Crippen molar-refractivity contribution in [3.8, 4) is 0 Å². The van der Waals surface area contributed by atoms with Gasteiger partial charge in [0.25, 0.3) is 0 Å². The molecule has 1 atom stereocenters. The number of hydrogen-bond donors (Lipinski definition) is 0. The summed E-state index contributed by atoms with van der Waals surface area (Å²) in [5.41, 5.74) is 1.78. The molecule has 1 aromatic rings. The van der Waals surface area contributed by atoms with E-state index in [9.17, 15) is 8.42 Å². The van der Waals surface area contributed by atoms with E-state index in [4.69, 9.17) is 11.6 Å². The van der Waals surface area contributed by atoms with E-state index in [1.165, 1.54) is 4.31 Å². The lowest BCUT2D eigenvalue weighted by Gasteiger charge is -2.23. The first-order valence-electron chi connectivity index (χ1n) is 6.00. The van der Waals surface area contributed by atoms with E-state index in [1.54, 1.807) is 7.05 Å². The molecule has 0 aromatic heterocycles. The number of hydrogen-bond acceptors (Lipinski definition) is 2. The fourth-order valence-electron chi connectivity index (χ4n) is 1.57. The number of sulfonamides is 1. The second-order valence-corrected chi connectivity index (χ2v) is 6.78. The van der Waals surface area contributed by atoms with Crippen LogP contribution >= 0.6 is 11.6 Å². The second-order valence-electron chi connectivity index (χ2n) is 4.48. The quantitative estimate of drug-likeness (QED) is 0.755. The van der Waals surface area contributed by atoms with Crippen molar-refractivity contribution in [3.63, 3.8) is 0 Å². The highest BCUT2D eigenvalue weighted by atomic mass is 35.5. The SMILES string of the molecule is CCC(C)N(C)S(=O)(=O)Cc1ccc(CCl)cc1. The lowest BCUT2D eigenvalue weighted by molar-refractivity contribution is 0.380. The average molecular weight is 290 g/mol. The number of halogens is 1. The largest absolute Gasteiger partial charge is 0.218 e. The lowest BCUT2D eigenvalue weighted by atomic mass is 10.2. The summed E-state index contributed by atoms with van der Waals surface area (Å²) in [4.78, 5) is 0. The Morgan fingerprint density at radius 1 is 1.22 bits per heavy atom. The summed E-state index contributed by atoms with van der Waals surface area (Å²) in [6, 6.07) is 7.39. The Balaban J connectivity index is 2.81. The van der Waals surface area contributed by atoms with Gasteiger partial charge in [0.05, 0.1) is 5.75 Å². The van der Waals surface area contributed by atoms with E-state index < -0.39 is 10.0 Å². The van der Waals surface area contributed by atoms with Crippen LogP contribution in [0.3, 0.4) is 0 Å². The van der Waals surface area contributed by atoms with Crippen molar-refractivity contribution in [2.45, 2.75) is 37.9 Å². The molecule has 0 aliphatic carbocycles.